The highest BCUT2D eigenvalue weighted by molar-refractivity contribution is 5.93. The van der Waals surface area contributed by atoms with Crippen molar-refractivity contribution in [1.29, 1.82) is 0 Å². The zero-order chi connectivity index (χ0) is 15.8. The maximum Gasteiger partial charge on any atom is 0.275 e. The molecule has 23 heavy (non-hydrogen) atoms. The second kappa shape index (κ2) is 5.17. The Morgan fingerprint density at radius 1 is 1.09 bits per heavy atom. The van der Waals surface area contributed by atoms with Gasteiger partial charge in [-0.3, -0.25) is 9.78 Å². The molecule has 0 amide bonds. The predicted octanol–water partition coefficient (Wildman–Crippen LogP) is 2.91. The molecule has 112 valence electrons. The molecule has 0 atom stereocenters. The van der Waals surface area contributed by atoms with Crippen molar-refractivity contribution in [2.75, 3.05) is 0 Å². The number of H-pyrrole nitrogens is 1. The third-order valence-corrected chi connectivity index (χ3v) is 3.68. The average molecular weight is 306 g/mol. The minimum absolute atomic E-state index is 0.278. The van der Waals surface area contributed by atoms with Crippen LogP contribution in [0.5, 0.6) is 0 Å². The smallest absolute Gasteiger partial charge is 0.275 e. The molecule has 4 rings (SSSR count). The molecule has 0 saturated carbocycles. The Kier molecular flexibility index (Phi) is 3.01. The highest BCUT2D eigenvalue weighted by Crippen LogP contribution is 2.30. The van der Waals surface area contributed by atoms with Crippen LogP contribution in [0.3, 0.4) is 0 Å². The van der Waals surface area contributed by atoms with Gasteiger partial charge in [-0.15, -0.1) is 0 Å². The van der Waals surface area contributed by atoms with Crippen molar-refractivity contribution in [3.8, 4) is 16.8 Å². The van der Waals surface area contributed by atoms with E-state index in [2.05, 4.69) is 15.0 Å². The number of pyridine rings is 1. The van der Waals surface area contributed by atoms with Crippen LogP contribution >= 0.6 is 0 Å². The van der Waals surface area contributed by atoms with Crippen molar-refractivity contribution in [3.63, 3.8) is 0 Å². The van der Waals surface area contributed by atoms with Gasteiger partial charge in [-0.1, -0.05) is 18.2 Å². The summed E-state index contributed by atoms with van der Waals surface area (Å²) >= 11 is 0. The van der Waals surface area contributed by atoms with Gasteiger partial charge < -0.3 is 9.55 Å². The van der Waals surface area contributed by atoms with Crippen LogP contribution in [-0.2, 0) is 0 Å². The summed E-state index contributed by atoms with van der Waals surface area (Å²) in [4.78, 5) is 22.9. The standard InChI is InChI=1S/C17H11FN4O/c18-14-8-19-7-6-12(14)13-9-22(11-4-2-1-3-5-11)16-15(13)20-10-21-17(16)23/h1-10H,(H,20,21,23). The number of para-hydroxylation sites is 1. The van der Waals surface area contributed by atoms with Crippen LogP contribution in [0.25, 0.3) is 27.8 Å². The van der Waals surface area contributed by atoms with E-state index in [4.69, 9.17) is 0 Å². The third-order valence-electron chi connectivity index (χ3n) is 3.68. The van der Waals surface area contributed by atoms with Gasteiger partial charge in [0, 0.05) is 29.2 Å². The molecular formula is C17H11FN4O. The van der Waals surface area contributed by atoms with E-state index in [0.717, 1.165) is 11.9 Å². The quantitative estimate of drug-likeness (QED) is 0.619. The molecule has 1 aromatic carbocycles. The van der Waals surface area contributed by atoms with E-state index in [9.17, 15) is 9.18 Å². The summed E-state index contributed by atoms with van der Waals surface area (Å²) in [6.07, 6.45) is 5.70. The molecule has 3 heterocycles. The summed E-state index contributed by atoms with van der Waals surface area (Å²) in [7, 11) is 0. The molecule has 0 fully saturated rings. The zero-order valence-electron chi connectivity index (χ0n) is 11.9. The van der Waals surface area contributed by atoms with E-state index in [1.54, 1.807) is 16.8 Å². The zero-order valence-corrected chi connectivity index (χ0v) is 11.9. The number of fused-ring (bicyclic) bond motifs is 1. The van der Waals surface area contributed by atoms with Crippen LogP contribution in [0.1, 0.15) is 0 Å². The summed E-state index contributed by atoms with van der Waals surface area (Å²) < 4.78 is 15.8. The molecule has 0 radical (unpaired) electrons. The van der Waals surface area contributed by atoms with Gasteiger partial charge in [0.2, 0.25) is 0 Å². The van der Waals surface area contributed by atoms with E-state index in [1.807, 2.05) is 30.3 Å². The first-order chi connectivity index (χ1) is 11.3. The number of rotatable bonds is 2. The first-order valence-corrected chi connectivity index (χ1v) is 7.00. The lowest BCUT2D eigenvalue weighted by Crippen LogP contribution is -2.09. The molecule has 1 N–H and O–H groups in total. The Hall–Kier alpha value is -3.28. The first kappa shape index (κ1) is 13.4. The highest BCUT2D eigenvalue weighted by atomic mass is 19.1. The van der Waals surface area contributed by atoms with Gasteiger partial charge >= 0.3 is 0 Å². The van der Waals surface area contributed by atoms with Gasteiger partial charge in [0.1, 0.15) is 16.9 Å². The number of benzene rings is 1. The molecule has 3 aromatic heterocycles. The Bertz CT molecular complexity index is 1050. The Morgan fingerprint density at radius 2 is 1.91 bits per heavy atom. The number of nitrogens with one attached hydrogen (secondary N) is 1. The maximum absolute atomic E-state index is 14.1. The van der Waals surface area contributed by atoms with E-state index in [0.29, 0.717) is 22.2 Å². The molecule has 0 aliphatic heterocycles. The first-order valence-electron chi connectivity index (χ1n) is 7.00. The molecule has 0 bridgehead atoms. The van der Waals surface area contributed by atoms with Crippen molar-refractivity contribution in [3.05, 3.63) is 77.5 Å². The van der Waals surface area contributed by atoms with Gasteiger partial charge in [0.05, 0.1) is 12.5 Å². The summed E-state index contributed by atoms with van der Waals surface area (Å²) in [6.45, 7) is 0. The average Bonchev–Trinajstić information content (AvgIpc) is 2.97. The summed E-state index contributed by atoms with van der Waals surface area (Å²) in [5.41, 5.74) is 2.26. The van der Waals surface area contributed by atoms with E-state index in [1.165, 1.54) is 12.5 Å². The Balaban J connectivity index is 2.11. The fraction of sp³-hybridized carbons (Fsp3) is 0. The van der Waals surface area contributed by atoms with Crippen molar-refractivity contribution >= 4 is 11.0 Å². The Labute approximate surface area is 130 Å². The van der Waals surface area contributed by atoms with E-state index in [-0.39, 0.29) is 5.56 Å². The summed E-state index contributed by atoms with van der Waals surface area (Å²) in [5.74, 6) is -0.457. The van der Waals surface area contributed by atoms with Crippen molar-refractivity contribution in [2.24, 2.45) is 0 Å². The lowest BCUT2D eigenvalue weighted by molar-refractivity contribution is 0.625. The van der Waals surface area contributed by atoms with Crippen LogP contribution < -0.4 is 5.56 Å². The minimum atomic E-state index is -0.457. The number of halogens is 1. The number of nitrogens with zero attached hydrogens (tertiary/aromatic N) is 3. The van der Waals surface area contributed by atoms with E-state index < -0.39 is 5.82 Å². The van der Waals surface area contributed by atoms with Crippen LogP contribution in [0.2, 0.25) is 0 Å². The number of hydrogen-bond donors (Lipinski definition) is 1. The van der Waals surface area contributed by atoms with E-state index >= 15 is 0 Å². The number of aromatic nitrogens is 4. The lowest BCUT2D eigenvalue weighted by Gasteiger charge is -2.03. The van der Waals surface area contributed by atoms with Crippen LogP contribution in [0, 0.1) is 5.82 Å². The second-order valence-corrected chi connectivity index (χ2v) is 5.03. The fourth-order valence-corrected chi connectivity index (χ4v) is 2.65. The van der Waals surface area contributed by atoms with Gasteiger partial charge in [-0.2, -0.15) is 0 Å². The summed E-state index contributed by atoms with van der Waals surface area (Å²) in [5, 5.41) is 0. The topological polar surface area (TPSA) is 63.6 Å². The molecule has 0 unspecified atom stereocenters. The van der Waals surface area contributed by atoms with Crippen LogP contribution in [0.4, 0.5) is 4.39 Å². The van der Waals surface area contributed by atoms with Gasteiger partial charge in [0.15, 0.2) is 0 Å². The molecule has 0 aliphatic carbocycles. The minimum Gasteiger partial charge on any atom is -0.311 e. The summed E-state index contributed by atoms with van der Waals surface area (Å²) in [6, 6.07) is 11.0. The maximum atomic E-state index is 14.1. The van der Waals surface area contributed by atoms with Gasteiger partial charge in [-0.25, -0.2) is 9.37 Å². The van der Waals surface area contributed by atoms with Crippen molar-refractivity contribution in [1.82, 2.24) is 19.5 Å². The lowest BCUT2D eigenvalue weighted by atomic mass is 10.1. The SMILES string of the molecule is O=c1[nH]cnc2c(-c3ccncc3F)cn(-c3ccccc3)c12. The normalized spacial score (nSPS) is 11.0. The third kappa shape index (κ3) is 2.12. The number of aromatic amines is 1. The molecule has 4 aromatic rings. The molecule has 5 nitrogen and oxygen atoms in total. The van der Waals surface area contributed by atoms with Crippen molar-refractivity contribution < 1.29 is 4.39 Å². The Morgan fingerprint density at radius 3 is 2.70 bits per heavy atom. The fourth-order valence-electron chi connectivity index (χ4n) is 2.65. The second-order valence-electron chi connectivity index (χ2n) is 5.03. The molecule has 0 aliphatic rings. The van der Waals surface area contributed by atoms with Crippen molar-refractivity contribution in [2.45, 2.75) is 0 Å². The van der Waals surface area contributed by atoms with Gasteiger partial charge in [0.25, 0.3) is 5.56 Å². The predicted molar refractivity (Wildman–Crippen MR) is 84.9 cm³/mol. The molecule has 0 spiro atoms. The largest absolute Gasteiger partial charge is 0.311 e. The molecule has 6 heteroatoms. The monoisotopic (exact) mass is 306 g/mol. The number of hydrogen-bond acceptors (Lipinski definition) is 3. The van der Waals surface area contributed by atoms with Crippen LogP contribution in [0.15, 0.2) is 66.1 Å². The van der Waals surface area contributed by atoms with Gasteiger partial charge in [-0.05, 0) is 18.2 Å². The molecule has 0 saturated heterocycles. The van der Waals surface area contributed by atoms with Crippen LogP contribution in [-0.4, -0.2) is 19.5 Å². The highest BCUT2D eigenvalue weighted by Gasteiger charge is 2.17. The molecular weight excluding hydrogens is 295 g/mol.